The summed E-state index contributed by atoms with van der Waals surface area (Å²) in [4.78, 5) is 39.7. The Morgan fingerprint density at radius 2 is 1.41 bits per heavy atom. The summed E-state index contributed by atoms with van der Waals surface area (Å²) >= 11 is 1.30. The summed E-state index contributed by atoms with van der Waals surface area (Å²) in [5, 5.41) is 12.9. The van der Waals surface area contributed by atoms with E-state index in [1.54, 1.807) is 91.9 Å². The van der Waals surface area contributed by atoms with Gasteiger partial charge in [0, 0.05) is 27.4 Å². The van der Waals surface area contributed by atoms with Crippen LogP contribution in [0.1, 0.15) is 22.8 Å². The largest absolute Gasteiger partial charge is 0.496 e. The van der Waals surface area contributed by atoms with Crippen molar-refractivity contribution in [1.29, 1.82) is 0 Å². The van der Waals surface area contributed by atoms with Crippen molar-refractivity contribution in [2.75, 3.05) is 17.7 Å². The van der Waals surface area contributed by atoms with Crippen LogP contribution >= 0.6 is 11.8 Å². The van der Waals surface area contributed by atoms with E-state index in [4.69, 9.17) is 9.88 Å². The van der Waals surface area contributed by atoms with Crippen molar-refractivity contribution in [3.8, 4) is 5.75 Å². The van der Waals surface area contributed by atoms with Gasteiger partial charge >= 0.3 is 0 Å². The summed E-state index contributed by atoms with van der Waals surface area (Å²) < 4.78 is 28.3. The van der Waals surface area contributed by atoms with E-state index in [1.165, 1.54) is 43.1 Å². The van der Waals surface area contributed by atoms with Crippen LogP contribution in [0.2, 0.25) is 0 Å². The number of nitrogens with one attached hydrogen (secondary N) is 3. The van der Waals surface area contributed by atoms with Crippen molar-refractivity contribution in [2.45, 2.75) is 22.0 Å². The molecule has 0 bridgehead atoms. The number of carbonyl (C=O) groups excluding carboxylic acids is 3. The quantitative estimate of drug-likeness (QED) is 0.136. The zero-order valence-electron chi connectivity index (χ0n) is 23.8. The zero-order valence-corrected chi connectivity index (χ0v) is 25.4. The summed E-state index contributed by atoms with van der Waals surface area (Å²) in [5.74, 6) is -0.731. The molecule has 0 aliphatic carbocycles. The Morgan fingerprint density at radius 3 is 2.05 bits per heavy atom. The molecule has 0 fully saturated rings. The average molecular weight is 631 g/mol. The molecule has 0 heterocycles. The second-order valence-electron chi connectivity index (χ2n) is 9.42. The first-order valence-corrected chi connectivity index (χ1v) is 15.7. The minimum absolute atomic E-state index is 0.0178. The maximum Gasteiger partial charge on any atom is 0.272 e. The van der Waals surface area contributed by atoms with Crippen LogP contribution in [-0.2, 0) is 19.6 Å². The Bertz CT molecular complexity index is 1780. The molecule has 4 rings (SSSR count). The van der Waals surface area contributed by atoms with Crippen LogP contribution in [-0.4, -0.2) is 38.5 Å². The second kappa shape index (κ2) is 14.5. The highest BCUT2D eigenvalue weighted by molar-refractivity contribution is 8.00. The zero-order chi connectivity index (χ0) is 31.7. The average Bonchev–Trinajstić information content (AvgIpc) is 3.02. The van der Waals surface area contributed by atoms with Gasteiger partial charge in [0.15, 0.2) is 0 Å². The number of primary sulfonamides is 1. The number of benzene rings is 4. The number of ether oxygens (including phenoxy) is 1. The van der Waals surface area contributed by atoms with Crippen LogP contribution in [0.25, 0.3) is 6.08 Å². The molecule has 4 aromatic rings. The molecule has 0 aliphatic heterocycles. The number of thioether (sulfide) groups is 1. The van der Waals surface area contributed by atoms with Crippen molar-refractivity contribution in [3.63, 3.8) is 0 Å². The fourth-order valence-electron chi connectivity index (χ4n) is 3.93. The predicted octanol–water partition coefficient (Wildman–Crippen LogP) is 4.87. The number of methoxy groups -OCH3 is 1. The van der Waals surface area contributed by atoms with Gasteiger partial charge in [-0.3, -0.25) is 14.4 Å². The first-order chi connectivity index (χ1) is 21.0. The van der Waals surface area contributed by atoms with E-state index < -0.39 is 27.1 Å². The first-order valence-electron chi connectivity index (χ1n) is 13.3. The Hall–Kier alpha value is -4.91. The van der Waals surface area contributed by atoms with Gasteiger partial charge < -0.3 is 20.7 Å². The molecule has 0 saturated heterocycles. The number of carbonyl (C=O) groups is 3. The Labute approximate surface area is 259 Å². The standard InChI is InChI=1S/C32H30N4O6S2/c1-21(30(37)34-25-14-18-27(19-15-25)44(33,40)41)43-26-16-12-24(13-17-26)35-32(39)28(20-23-10-6-7-11-29(23)42-2)36-31(38)22-8-4-3-5-9-22/h3-21H,1-2H3,(H,34,37)(H,35,39)(H,36,38)(H2,33,40,41)/b28-20-. The van der Waals surface area contributed by atoms with Crippen LogP contribution in [0.3, 0.4) is 0 Å². The van der Waals surface area contributed by atoms with E-state index in [0.29, 0.717) is 28.3 Å². The van der Waals surface area contributed by atoms with Gasteiger partial charge in [-0.1, -0.05) is 36.4 Å². The SMILES string of the molecule is COc1ccccc1/C=C(\NC(=O)c1ccccc1)C(=O)Nc1ccc(SC(C)C(=O)Nc2ccc(S(N)(=O)=O)cc2)cc1. The van der Waals surface area contributed by atoms with Crippen molar-refractivity contribution in [3.05, 3.63) is 120 Å². The van der Waals surface area contributed by atoms with E-state index in [1.807, 2.05) is 0 Å². The third kappa shape index (κ3) is 8.80. The van der Waals surface area contributed by atoms with E-state index in [2.05, 4.69) is 16.0 Å². The molecule has 3 amide bonds. The monoisotopic (exact) mass is 630 g/mol. The summed E-state index contributed by atoms with van der Waals surface area (Å²) in [5.41, 5.74) is 1.93. The number of sulfonamides is 1. The van der Waals surface area contributed by atoms with Gasteiger partial charge in [-0.25, -0.2) is 13.6 Å². The first kappa shape index (κ1) is 32.0. The molecule has 4 aromatic carbocycles. The second-order valence-corrected chi connectivity index (χ2v) is 12.4. The number of rotatable bonds is 11. The van der Waals surface area contributed by atoms with Crippen LogP contribution < -0.4 is 25.8 Å². The fraction of sp³-hybridized carbons (Fsp3) is 0.0938. The maximum absolute atomic E-state index is 13.4. The van der Waals surface area contributed by atoms with Crippen LogP contribution in [0.15, 0.2) is 119 Å². The molecule has 44 heavy (non-hydrogen) atoms. The van der Waals surface area contributed by atoms with Crippen LogP contribution in [0.5, 0.6) is 5.75 Å². The molecule has 226 valence electrons. The molecule has 0 spiro atoms. The highest BCUT2D eigenvalue weighted by Gasteiger charge is 2.18. The highest BCUT2D eigenvalue weighted by atomic mass is 32.2. The van der Waals surface area contributed by atoms with Gasteiger partial charge in [0.2, 0.25) is 15.9 Å². The van der Waals surface area contributed by atoms with E-state index in [9.17, 15) is 22.8 Å². The van der Waals surface area contributed by atoms with Crippen molar-refractivity contribution in [1.82, 2.24) is 5.32 Å². The molecular formula is C32H30N4O6S2. The number of hydrogen-bond donors (Lipinski definition) is 4. The van der Waals surface area contributed by atoms with Gasteiger partial charge in [0.25, 0.3) is 11.8 Å². The Morgan fingerprint density at radius 1 is 0.818 bits per heavy atom. The number of nitrogens with two attached hydrogens (primary N) is 1. The van der Waals surface area contributed by atoms with Gasteiger partial charge in [-0.2, -0.15) is 0 Å². The van der Waals surface area contributed by atoms with Gasteiger partial charge in [0.05, 0.1) is 17.3 Å². The molecule has 0 aromatic heterocycles. The van der Waals surface area contributed by atoms with Crippen molar-refractivity contribution < 1.29 is 27.5 Å². The molecular weight excluding hydrogens is 601 g/mol. The van der Waals surface area contributed by atoms with Gasteiger partial charge in [-0.05, 0) is 79.7 Å². The number of para-hydroxylation sites is 1. The molecule has 0 aliphatic rings. The number of anilines is 2. The minimum atomic E-state index is -3.83. The van der Waals surface area contributed by atoms with E-state index in [0.717, 1.165) is 4.90 Å². The lowest BCUT2D eigenvalue weighted by molar-refractivity contribution is -0.115. The van der Waals surface area contributed by atoms with Gasteiger partial charge in [-0.15, -0.1) is 11.8 Å². The molecule has 10 nitrogen and oxygen atoms in total. The van der Waals surface area contributed by atoms with Crippen molar-refractivity contribution in [2.24, 2.45) is 5.14 Å². The molecule has 0 saturated carbocycles. The van der Waals surface area contributed by atoms with Crippen LogP contribution in [0, 0.1) is 0 Å². The molecule has 5 N–H and O–H groups in total. The summed E-state index contributed by atoms with van der Waals surface area (Å²) in [6, 6.07) is 28.1. The smallest absolute Gasteiger partial charge is 0.272 e. The lowest BCUT2D eigenvalue weighted by atomic mass is 10.1. The molecule has 1 atom stereocenters. The summed E-state index contributed by atoms with van der Waals surface area (Å²) in [6.07, 6.45) is 1.54. The lowest BCUT2D eigenvalue weighted by Crippen LogP contribution is -2.30. The fourth-order valence-corrected chi connectivity index (χ4v) is 5.31. The Kier molecular flexibility index (Phi) is 10.6. The molecule has 0 radical (unpaired) electrons. The van der Waals surface area contributed by atoms with E-state index in [-0.39, 0.29) is 16.5 Å². The lowest BCUT2D eigenvalue weighted by Gasteiger charge is -2.14. The third-order valence-electron chi connectivity index (χ3n) is 6.21. The normalized spacial score (nSPS) is 12.1. The van der Waals surface area contributed by atoms with Crippen LogP contribution in [0.4, 0.5) is 11.4 Å². The maximum atomic E-state index is 13.4. The van der Waals surface area contributed by atoms with Crippen molar-refractivity contribution >= 4 is 57.0 Å². The number of amides is 3. The van der Waals surface area contributed by atoms with Gasteiger partial charge in [0.1, 0.15) is 11.4 Å². The summed E-state index contributed by atoms with van der Waals surface area (Å²) in [7, 11) is -2.30. The molecule has 1 unspecified atom stereocenters. The Balaban J connectivity index is 1.43. The van der Waals surface area contributed by atoms with E-state index >= 15 is 0 Å². The topological polar surface area (TPSA) is 157 Å². The third-order valence-corrected chi connectivity index (χ3v) is 8.25. The molecule has 12 heteroatoms. The predicted molar refractivity (Wildman–Crippen MR) is 172 cm³/mol. The summed E-state index contributed by atoms with van der Waals surface area (Å²) in [6.45, 7) is 1.73. The minimum Gasteiger partial charge on any atom is -0.496 e. The highest BCUT2D eigenvalue weighted by Crippen LogP contribution is 2.26. The number of hydrogen-bond acceptors (Lipinski definition) is 7.